The van der Waals surface area contributed by atoms with E-state index >= 15 is 0 Å². The van der Waals surface area contributed by atoms with Gasteiger partial charge in [0.25, 0.3) is 0 Å². The summed E-state index contributed by atoms with van der Waals surface area (Å²) in [7, 11) is 0. The zero-order chi connectivity index (χ0) is 21.5. The number of nitrogens with zero attached hydrogens (tertiary/aromatic N) is 4. The second kappa shape index (κ2) is 10.7. The van der Waals surface area contributed by atoms with Crippen LogP contribution >= 0.6 is 11.8 Å². The molecule has 0 bridgehead atoms. The molecule has 0 spiro atoms. The third kappa shape index (κ3) is 5.80. The summed E-state index contributed by atoms with van der Waals surface area (Å²) in [5.74, 6) is 1.54. The van der Waals surface area contributed by atoms with Gasteiger partial charge in [-0.2, -0.15) is 0 Å². The van der Waals surface area contributed by atoms with Crippen molar-refractivity contribution in [3.63, 3.8) is 0 Å². The average Bonchev–Trinajstić information content (AvgIpc) is 3.20. The highest BCUT2D eigenvalue weighted by molar-refractivity contribution is 7.99. The standard InChI is InChI=1S/C24H27FN4OS/c25-20-11-13-21(14-12-20)29-23(18-28-15-5-2-6-16-28)26-27-24(29)31-17-7-10-22(30)19-8-3-1-4-9-19/h1,3-4,8-9,11-14H,2,5-7,10,15-18H2. The molecule has 0 atom stereocenters. The Balaban J connectivity index is 1.43. The number of hydrogen-bond donors (Lipinski definition) is 0. The summed E-state index contributed by atoms with van der Waals surface area (Å²) in [6.45, 7) is 2.87. The molecule has 7 heteroatoms. The first-order chi connectivity index (χ1) is 15.2. The van der Waals surface area contributed by atoms with E-state index in [4.69, 9.17) is 0 Å². The second-order valence-corrected chi connectivity index (χ2v) is 8.85. The Kier molecular flexibility index (Phi) is 7.48. The Labute approximate surface area is 186 Å². The quantitative estimate of drug-likeness (QED) is 0.263. The zero-order valence-corrected chi connectivity index (χ0v) is 18.4. The van der Waals surface area contributed by atoms with E-state index in [1.807, 2.05) is 34.9 Å². The molecule has 1 aliphatic rings. The number of rotatable bonds is 9. The fraction of sp³-hybridized carbons (Fsp3) is 0.375. The summed E-state index contributed by atoms with van der Waals surface area (Å²) in [5, 5.41) is 9.67. The Morgan fingerprint density at radius 2 is 1.71 bits per heavy atom. The van der Waals surface area contributed by atoms with E-state index in [1.165, 1.54) is 31.4 Å². The van der Waals surface area contributed by atoms with Gasteiger partial charge in [0.1, 0.15) is 5.82 Å². The number of hydrogen-bond acceptors (Lipinski definition) is 5. The summed E-state index contributed by atoms with van der Waals surface area (Å²) < 4.78 is 15.5. The molecule has 0 saturated carbocycles. The molecule has 1 aliphatic heterocycles. The third-order valence-electron chi connectivity index (χ3n) is 5.47. The van der Waals surface area contributed by atoms with Gasteiger partial charge in [-0.1, -0.05) is 48.5 Å². The number of likely N-dealkylation sites (tertiary alicyclic amines) is 1. The van der Waals surface area contributed by atoms with Crippen molar-refractivity contribution in [2.75, 3.05) is 18.8 Å². The Hall–Kier alpha value is -2.51. The first kappa shape index (κ1) is 21.7. The van der Waals surface area contributed by atoms with Gasteiger partial charge in [-0.25, -0.2) is 4.39 Å². The molecule has 0 radical (unpaired) electrons. The van der Waals surface area contributed by atoms with Gasteiger partial charge in [0.05, 0.1) is 6.54 Å². The minimum Gasteiger partial charge on any atom is -0.296 e. The normalized spacial score (nSPS) is 14.6. The van der Waals surface area contributed by atoms with Crippen molar-refractivity contribution < 1.29 is 9.18 Å². The number of thioether (sulfide) groups is 1. The van der Waals surface area contributed by atoms with E-state index in [-0.39, 0.29) is 11.6 Å². The second-order valence-electron chi connectivity index (χ2n) is 7.79. The largest absolute Gasteiger partial charge is 0.296 e. The maximum Gasteiger partial charge on any atom is 0.195 e. The molecule has 2 aromatic carbocycles. The molecule has 4 rings (SSSR count). The van der Waals surface area contributed by atoms with E-state index in [1.54, 1.807) is 23.9 Å². The van der Waals surface area contributed by atoms with Crippen LogP contribution in [0.3, 0.4) is 0 Å². The van der Waals surface area contributed by atoms with Crippen molar-refractivity contribution in [3.05, 3.63) is 71.8 Å². The van der Waals surface area contributed by atoms with Gasteiger partial charge in [0.2, 0.25) is 0 Å². The summed E-state index contributed by atoms with van der Waals surface area (Å²) in [4.78, 5) is 14.7. The van der Waals surface area contributed by atoms with Gasteiger partial charge < -0.3 is 0 Å². The molecule has 1 aromatic heterocycles. The van der Waals surface area contributed by atoms with Crippen LogP contribution in [0.25, 0.3) is 5.69 Å². The summed E-state index contributed by atoms with van der Waals surface area (Å²) >= 11 is 1.59. The number of Topliss-reactive ketones (excluding diaryl/α,β-unsaturated/α-hetero) is 1. The minimum absolute atomic E-state index is 0.159. The molecule has 31 heavy (non-hydrogen) atoms. The van der Waals surface area contributed by atoms with E-state index in [0.717, 1.165) is 54.0 Å². The molecular weight excluding hydrogens is 411 g/mol. The Morgan fingerprint density at radius 1 is 0.968 bits per heavy atom. The van der Waals surface area contributed by atoms with Gasteiger partial charge >= 0.3 is 0 Å². The van der Waals surface area contributed by atoms with Crippen LogP contribution in [0.15, 0.2) is 59.8 Å². The zero-order valence-electron chi connectivity index (χ0n) is 17.5. The molecule has 162 valence electrons. The third-order valence-corrected chi connectivity index (χ3v) is 6.49. The first-order valence-electron chi connectivity index (χ1n) is 10.8. The Morgan fingerprint density at radius 3 is 2.45 bits per heavy atom. The molecule has 5 nitrogen and oxygen atoms in total. The van der Waals surface area contributed by atoms with Crippen LogP contribution < -0.4 is 0 Å². The molecule has 1 fully saturated rings. The maximum absolute atomic E-state index is 13.5. The van der Waals surface area contributed by atoms with Gasteiger partial charge in [0, 0.05) is 23.4 Å². The van der Waals surface area contributed by atoms with Gasteiger partial charge in [-0.05, 0) is 56.6 Å². The molecule has 0 unspecified atom stereocenters. The smallest absolute Gasteiger partial charge is 0.195 e. The van der Waals surface area contributed by atoms with Crippen LogP contribution in [0.4, 0.5) is 4.39 Å². The summed E-state index contributed by atoms with van der Waals surface area (Å²) in [6, 6.07) is 15.9. The molecular formula is C24H27FN4OS. The Bertz CT molecular complexity index is 985. The molecule has 2 heterocycles. The monoisotopic (exact) mass is 438 g/mol. The number of ketones is 1. The number of halogens is 1. The molecule has 0 N–H and O–H groups in total. The first-order valence-corrected chi connectivity index (χ1v) is 11.8. The number of carbonyl (C=O) groups is 1. The van der Waals surface area contributed by atoms with Crippen LogP contribution in [0.5, 0.6) is 0 Å². The minimum atomic E-state index is -0.261. The van der Waals surface area contributed by atoms with Crippen molar-refractivity contribution in [2.45, 2.75) is 43.8 Å². The van der Waals surface area contributed by atoms with Gasteiger partial charge in [-0.15, -0.1) is 10.2 Å². The number of benzene rings is 2. The van der Waals surface area contributed by atoms with Crippen molar-refractivity contribution in [3.8, 4) is 5.69 Å². The summed E-state index contributed by atoms with van der Waals surface area (Å²) in [5.41, 5.74) is 1.62. The highest BCUT2D eigenvalue weighted by atomic mass is 32.2. The summed E-state index contributed by atoms with van der Waals surface area (Å²) in [6.07, 6.45) is 4.96. The van der Waals surface area contributed by atoms with Crippen molar-refractivity contribution in [1.82, 2.24) is 19.7 Å². The predicted molar refractivity (Wildman–Crippen MR) is 121 cm³/mol. The molecule has 0 aliphatic carbocycles. The van der Waals surface area contributed by atoms with Crippen molar-refractivity contribution in [1.29, 1.82) is 0 Å². The molecule has 0 amide bonds. The van der Waals surface area contributed by atoms with E-state index in [0.29, 0.717) is 6.42 Å². The topological polar surface area (TPSA) is 51.0 Å². The van der Waals surface area contributed by atoms with Crippen molar-refractivity contribution >= 4 is 17.5 Å². The number of carbonyl (C=O) groups excluding carboxylic acids is 1. The van der Waals surface area contributed by atoms with E-state index in [9.17, 15) is 9.18 Å². The van der Waals surface area contributed by atoms with Crippen LogP contribution in [0.1, 0.15) is 48.3 Å². The average molecular weight is 439 g/mol. The van der Waals surface area contributed by atoms with Gasteiger partial charge in [0.15, 0.2) is 16.8 Å². The highest BCUT2D eigenvalue weighted by Crippen LogP contribution is 2.25. The lowest BCUT2D eigenvalue weighted by atomic mass is 10.1. The van der Waals surface area contributed by atoms with Crippen LogP contribution in [-0.4, -0.2) is 44.3 Å². The van der Waals surface area contributed by atoms with Gasteiger partial charge in [-0.3, -0.25) is 14.3 Å². The fourth-order valence-corrected chi connectivity index (χ4v) is 4.74. The van der Waals surface area contributed by atoms with E-state index in [2.05, 4.69) is 15.1 Å². The predicted octanol–water partition coefficient (Wildman–Crippen LogP) is 5.15. The fourth-order valence-electron chi connectivity index (χ4n) is 3.83. The lowest BCUT2D eigenvalue weighted by Crippen LogP contribution is -2.30. The van der Waals surface area contributed by atoms with Crippen LogP contribution in [0.2, 0.25) is 0 Å². The maximum atomic E-state index is 13.5. The highest BCUT2D eigenvalue weighted by Gasteiger charge is 2.19. The molecule has 3 aromatic rings. The van der Waals surface area contributed by atoms with Crippen molar-refractivity contribution in [2.24, 2.45) is 0 Å². The lowest BCUT2D eigenvalue weighted by Gasteiger charge is -2.26. The number of piperidine rings is 1. The van der Waals surface area contributed by atoms with Crippen LogP contribution in [0, 0.1) is 5.82 Å². The SMILES string of the molecule is O=C(CCCSc1nnc(CN2CCCCC2)n1-c1ccc(F)cc1)c1ccccc1. The number of aromatic nitrogens is 3. The van der Waals surface area contributed by atoms with Crippen LogP contribution in [-0.2, 0) is 6.54 Å². The molecule has 1 saturated heterocycles. The van der Waals surface area contributed by atoms with E-state index < -0.39 is 0 Å². The lowest BCUT2D eigenvalue weighted by molar-refractivity contribution is 0.0982.